The van der Waals surface area contributed by atoms with Gasteiger partial charge in [0.25, 0.3) is 0 Å². The Morgan fingerprint density at radius 3 is 2.83 bits per heavy atom. The van der Waals surface area contributed by atoms with Gasteiger partial charge in [-0.3, -0.25) is 4.90 Å². The van der Waals surface area contributed by atoms with Gasteiger partial charge in [-0.25, -0.2) is 9.18 Å². The first-order valence-electron chi connectivity index (χ1n) is 7.14. The zero-order chi connectivity index (χ0) is 16.6. The minimum atomic E-state index is -1.07. The van der Waals surface area contributed by atoms with E-state index in [-0.39, 0.29) is 30.2 Å². The standard InChI is InChI=1S/C16H16FN3O3/c1-9-8-23-15-13(20(9)16(21)22)7-11(14(18)19-15)6-10-2-4-12(17)5-3-10/h2-5,7,9H,6,8H2,1H3,(H2,18,19)(H,21,22)/t9-/m0/s1. The predicted octanol–water partition coefficient (Wildman–Crippen LogP) is 2.66. The molecule has 0 bridgehead atoms. The van der Waals surface area contributed by atoms with Crippen LogP contribution in [0.2, 0.25) is 0 Å². The molecule has 1 aliphatic rings. The molecule has 1 atom stereocenters. The van der Waals surface area contributed by atoms with Crippen LogP contribution in [0.1, 0.15) is 18.1 Å². The lowest BCUT2D eigenvalue weighted by atomic mass is 10.0. The number of nitrogens with zero attached hydrogens (tertiary/aromatic N) is 2. The van der Waals surface area contributed by atoms with Gasteiger partial charge in [-0.1, -0.05) is 12.1 Å². The van der Waals surface area contributed by atoms with Crippen LogP contribution in [0.5, 0.6) is 5.88 Å². The van der Waals surface area contributed by atoms with E-state index in [1.54, 1.807) is 25.1 Å². The molecule has 1 aromatic heterocycles. The Hall–Kier alpha value is -2.83. The molecular weight excluding hydrogens is 301 g/mol. The molecule has 2 heterocycles. The van der Waals surface area contributed by atoms with Crippen LogP contribution in [0.4, 0.5) is 20.7 Å². The van der Waals surface area contributed by atoms with Crippen molar-refractivity contribution in [2.24, 2.45) is 0 Å². The van der Waals surface area contributed by atoms with Gasteiger partial charge in [0.05, 0.1) is 6.04 Å². The van der Waals surface area contributed by atoms with Crippen LogP contribution in [-0.4, -0.2) is 28.8 Å². The number of ether oxygens (including phenoxy) is 1. The first kappa shape index (κ1) is 15.1. The highest BCUT2D eigenvalue weighted by molar-refractivity contribution is 5.89. The molecule has 0 saturated heterocycles. The molecule has 3 N–H and O–H groups in total. The summed E-state index contributed by atoms with van der Waals surface area (Å²) in [6.45, 7) is 1.98. The maximum Gasteiger partial charge on any atom is 0.412 e. The maximum absolute atomic E-state index is 13.0. The number of carbonyl (C=O) groups is 1. The van der Waals surface area contributed by atoms with Crippen molar-refractivity contribution < 1.29 is 19.0 Å². The Morgan fingerprint density at radius 2 is 2.17 bits per heavy atom. The minimum Gasteiger partial charge on any atom is -0.474 e. The Labute approximate surface area is 132 Å². The molecule has 0 saturated carbocycles. The number of fused-ring (bicyclic) bond motifs is 1. The number of hydrogen-bond donors (Lipinski definition) is 2. The summed E-state index contributed by atoms with van der Waals surface area (Å²) in [6, 6.07) is 7.40. The number of pyridine rings is 1. The van der Waals surface area contributed by atoms with E-state index in [9.17, 15) is 14.3 Å². The minimum absolute atomic E-state index is 0.214. The van der Waals surface area contributed by atoms with Gasteiger partial charge in [0.2, 0.25) is 5.88 Å². The van der Waals surface area contributed by atoms with E-state index in [0.717, 1.165) is 5.56 Å². The summed E-state index contributed by atoms with van der Waals surface area (Å²) in [5, 5.41) is 9.41. The number of nitrogens with two attached hydrogens (primary N) is 1. The van der Waals surface area contributed by atoms with Gasteiger partial charge in [0.1, 0.15) is 23.9 Å². The second-order valence-electron chi connectivity index (χ2n) is 5.47. The van der Waals surface area contributed by atoms with Crippen molar-refractivity contribution in [1.29, 1.82) is 0 Å². The zero-order valence-electron chi connectivity index (χ0n) is 12.5. The maximum atomic E-state index is 13.0. The number of anilines is 2. The van der Waals surface area contributed by atoms with E-state index < -0.39 is 6.09 Å². The number of aromatic nitrogens is 1. The molecule has 23 heavy (non-hydrogen) atoms. The highest BCUT2D eigenvalue weighted by atomic mass is 19.1. The van der Waals surface area contributed by atoms with Gasteiger partial charge in [-0.2, -0.15) is 4.98 Å². The van der Waals surface area contributed by atoms with Crippen LogP contribution in [0.3, 0.4) is 0 Å². The van der Waals surface area contributed by atoms with Gasteiger partial charge in [-0.05, 0) is 30.7 Å². The molecule has 120 valence electrons. The van der Waals surface area contributed by atoms with Crippen molar-refractivity contribution >= 4 is 17.6 Å². The fraction of sp³-hybridized carbons (Fsp3) is 0.250. The number of benzene rings is 1. The summed E-state index contributed by atoms with van der Waals surface area (Å²) in [5.74, 6) is 0.170. The van der Waals surface area contributed by atoms with E-state index in [1.165, 1.54) is 17.0 Å². The third-order valence-electron chi connectivity index (χ3n) is 3.76. The fourth-order valence-corrected chi connectivity index (χ4v) is 2.58. The largest absolute Gasteiger partial charge is 0.474 e. The molecule has 6 nitrogen and oxygen atoms in total. The monoisotopic (exact) mass is 317 g/mol. The van der Waals surface area contributed by atoms with Gasteiger partial charge in [0.15, 0.2) is 0 Å². The number of halogens is 1. The lowest BCUT2D eigenvalue weighted by Gasteiger charge is -2.32. The first-order valence-corrected chi connectivity index (χ1v) is 7.14. The molecule has 1 aromatic carbocycles. The van der Waals surface area contributed by atoms with Crippen LogP contribution in [0.25, 0.3) is 0 Å². The fourth-order valence-electron chi connectivity index (χ4n) is 2.58. The summed E-state index contributed by atoms with van der Waals surface area (Å²) in [4.78, 5) is 16.9. The van der Waals surface area contributed by atoms with Crippen molar-refractivity contribution in [3.8, 4) is 5.88 Å². The second-order valence-corrected chi connectivity index (χ2v) is 5.47. The van der Waals surface area contributed by atoms with E-state index in [4.69, 9.17) is 10.5 Å². The Morgan fingerprint density at radius 1 is 1.48 bits per heavy atom. The zero-order valence-corrected chi connectivity index (χ0v) is 12.5. The van der Waals surface area contributed by atoms with Gasteiger partial charge < -0.3 is 15.6 Å². The van der Waals surface area contributed by atoms with Crippen LogP contribution in [-0.2, 0) is 6.42 Å². The molecule has 7 heteroatoms. The molecular formula is C16H16FN3O3. The molecule has 1 aliphatic heterocycles. The van der Waals surface area contributed by atoms with Crippen LogP contribution in [0.15, 0.2) is 30.3 Å². The quantitative estimate of drug-likeness (QED) is 0.889. The lowest BCUT2D eigenvalue weighted by molar-refractivity contribution is 0.188. The number of nitrogen functional groups attached to an aromatic ring is 1. The molecule has 2 aromatic rings. The van der Waals surface area contributed by atoms with Crippen molar-refractivity contribution in [2.75, 3.05) is 17.2 Å². The molecule has 0 fully saturated rings. The summed E-state index contributed by atoms with van der Waals surface area (Å²) in [6.07, 6.45) is -0.643. The smallest absolute Gasteiger partial charge is 0.412 e. The van der Waals surface area contributed by atoms with Crippen molar-refractivity contribution in [3.05, 3.63) is 47.3 Å². The Bertz CT molecular complexity index is 749. The highest BCUT2D eigenvalue weighted by Gasteiger charge is 2.31. The SMILES string of the molecule is C[C@H]1COc2nc(N)c(Cc3ccc(F)cc3)cc2N1C(=O)O. The number of amides is 1. The van der Waals surface area contributed by atoms with Crippen molar-refractivity contribution in [3.63, 3.8) is 0 Å². The lowest BCUT2D eigenvalue weighted by Crippen LogP contribution is -2.44. The molecule has 0 unspecified atom stereocenters. The summed E-state index contributed by atoms with van der Waals surface area (Å²) >= 11 is 0. The second kappa shape index (κ2) is 5.75. The Balaban J connectivity index is 1.99. The van der Waals surface area contributed by atoms with E-state index in [2.05, 4.69) is 4.98 Å². The van der Waals surface area contributed by atoms with E-state index in [0.29, 0.717) is 17.7 Å². The van der Waals surface area contributed by atoms with Crippen LogP contribution in [0, 0.1) is 5.82 Å². The molecule has 3 rings (SSSR count). The van der Waals surface area contributed by atoms with Crippen LogP contribution < -0.4 is 15.4 Å². The Kier molecular flexibility index (Phi) is 3.77. The van der Waals surface area contributed by atoms with Gasteiger partial charge in [-0.15, -0.1) is 0 Å². The molecule has 1 amide bonds. The summed E-state index contributed by atoms with van der Waals surface area (Å²) in [5.41, 5.74) is 7.84. The van der Waals surface area contributed by atoms with Gasteiger partial charge in [0, 0.05) is 12.0 Å². The summed E-state index contributed by atoms with van der Waals surface area (Å²) in [7, 11) is 0. The van der Waals surface area contributed by atoms with Crippen molar-refractivity contribution in [1.82, 2.24) is 4.98 Å². The molecule has 0 radical (unpaired) electrons. The predicted molar refractivity (Wildman–Crippen MR) is 83.3 cm³/mol. The average Bonchev–Trinajstić information content (AvgIpc) is 2.50. The third kappa shape index (κ3) is 2.90. The number of hydrogen-bond acceptors (Lipinski definition) is 4. The third-order valence-corrected chi connectivity index (χ3v) is 3.76. The van der Waals surface area contributed by atoms with Crippen LogP contribution >= 0.6 is 0 Å². The number of rotatable bonds is 2. The normalized spacial score (nSPS) is 16.6. The molecule has 0 aliphatic carbocycles. The number of carboxylic acid groups (broad SMARTS) is 1. The highest BCUT2D eigenvalue weighted by Crippen LogP contribution is 2.35. The van der Waals surface area contributed by atoms with Crippen molar-refractivity contribution in [2.45, 2.75) is 19.4 Å². The topological polar surface area (TPSA) is 88.7 Å². The average molecular weight is 317 g/mol. The van der Waals surface area contributed by atoms with E-state index in [1.807, 2.05) is 0 Å². The van der Waals surface area contributed by atoms with Gasteiger partial charge >= 0.3 is 6.09 Å². The summed E-state index contributed by atoms with van der Waals surface area (Å²) < 4.78 is 18.5. The first-order chi connectivity index (χ1) is 11.0. The van der Waals surface area contributed by atoms with E-state index >= 15 is 0 Å². The molecule has 0 spiro atoms.